The summed E-state index contributed by atoms with van der Waals surface area (Å²) in [6.45, 7) is 2.18. The lowest BCUT2D eigenvalue weighted by Crippen LogP contribution is -2.35. The summed E-state index contributed by atoms with van der Waals surface area (Å²) in [5, 5.41) is 1.07. The van der Waals surface area contributed by atoms with Crippen molar-refractivity contribution in [2.75, 3.05) is 20.1 Å². The van der Waals surface area contributed by atoms with Crippen LogP contribution in [-0.4, -0.2) is 46.1 Å². The number of fused-ring (bicyclic) bond motifs is 1. The van der Waals surface area contributed by atoms with Gasteiger partial charge in [-0.25, -0.2) is 4.98 Å². The molecule has 0 atom stereocenters. The van der Waals surface area contributed by atoms with Crippen molar-refractivity contribution in [1.29, 1.82) is 0 Å². The van der Waals surface area contributed by atoms with Gasteiger partial charge in [-0.3, -0.25) is 4.98 Å². The average molecular weight is 308 g/mol. The minimum Gasteiger partial charge on any atom is -0.489 e. The summed E-state index contributed by atoms with van der Waals surface area (Å²) in [4.78, 5) is 14.3. The largest absolute Gasteiger partial charge is 0.489 e. The lowest BCUT2D eigenvalue weighted by molar-refractivity contribution is 0.114. The van der Waals surface area contributed by atoms with E-state index >= 15 is 0 Å². The quantitative estimate of drug-likeness (QED) is 0.808. The molecule has 0 aromatic carbocycles. The molecule has 0 unspecified atom stereocenters. The van der Waals surface area contributed by atoms with E-state index in [1.54, 1.807) is 6.20 Å². The Bertz CT molecular complexity index is 791. The van der Waals surface area contributed by atoms with Gasteiger partial charge in [0.25, 0.3) is 0 Å². The Labute approximate surface area is 135 Å². The maximum Gasteiger partial charge on any atom is 0.138 e. The Hall–Kier alpha value is -2.40. The molecule has 0 aliphatic carbocycles. The van der Waals surface area contributed by atoms with Gasteiger partial charge in [0.2, 0.25) is 0 Å². The highest BCUT2D eigenvalue weighted by molar-refractivity contribution is 5.94. The molecule has 1 aliphatic rings. The smallest absolute Gasteiger partial charge is 0.138 e. The van der Waals surface area contributed by atoms with Crippen LogP contribution in [0, 0.1) is 0 Å². The fraction of sp³-hybridized carbons (Fsp3) is 0.333. The lowest BCUT2D eigenvalue weighted by Gasteiger charge is -2.29. The summed E-state index contributed by atoms with van der Waals surface area (Å²) >= 11 is 0. The summed E-state index contributed by atoms with van der Waals surface area (Å²) in [6, 6.07) is 6.08. The molecule has 1 fully saturated rings. The number of piperidine rings is 1. The molecule has 3 aromatic heterocycles. The second kappa shape index (κ2) is 6.01. The van der Waals surface area contributed by atoms with Gasteiger partial charge in [0.1, 0.15) is 17.5 Å². The van der Waals surface area contributed by atoms with E-state index in [0.717, 1.165) is 53.8 Å². The summed E-state index contributed by atoms with van der Waals surface area (Å²) in [5.74, 6) is 0.844. The van der Waals surface area contributed by atoms with Gasteiger partial charge < -0.3 is 14.6 Å². The number of pyridine rings is 2. The zero-order valence-electron chi connectivity index (χ0n) is 13.2. The Morgan fingerprint density at radius 3 is 2.91 bits per heavy atom. The minimum absolute atomic E-state index is 0.284. The van der Waals surface area contributed by atoms with Crippen molar-refractivity contribution in [3.63, 3.8) is 0 Å². The molecule has 5 nitrogen and oxygen atoms in total. The second-order valence-electron chi connectivity index (χ2n) is 6.13. The van der Waals surface area contributed by atoms with Crippen LogP contribution in [0.3, 0.4) is 0 Å². The van der Waals surface area contributed by atoms with Crippen molar-refractivity contribution in [3.05, 3.63) is 43.0 Å². The normalized spacial score (nSPS) is 16.7. The summed E-state index contributed by atoms with van der Waals surface area (Å²) < 4.78 is 6.15. The predicted octanol–water partition coefficient (Wildman–Crippen LogP) is 3.10. The maximum absolute atomic E-state index is 6.15. The molecular formula is C18H20N4O. The maximum atomic E-state index is 6.15. The number of H-pyrrole nitrogens is 1. The number of aromatic nitrogens is 3. The molecule has 1 aliphatic heterocycles. The molecule has 23 heavy (non-hydrogen) atoms. The first-order chi connectivity index (χ1) is 11.3. The molecule has 1 N–H and O–H groups in total. The van der Waals surface area contributed by atoms with E-state index < -0.39 is 0 Å². The van der Waals surface area contributed by atoms with Gasteiger partial charge in [-0.15, -0.1) is 0 Å². The Kier molecular flexibility index (Phi) is 3.71. The van der Waals surface area contributed by atoms with E-state index in [9.17, 15) is 0 Å². The number of ether oxygens (including phenoxy) is 1. The van der Waals surface area contributed by atoms with Crippen LogP contribution in [0.15, 0.2) is 43.0 Å². The monoisotopic (exact) mass is 308 g/mol. The topological polar surface area (TPSA) is 54.0 Å². The predicted molar refractivity (Wildman–Crippen MR) is 90.5 cm³/mol. The Balaban J connectivity index is 1.62. The van der Waals surface area contributed by atoms with E-state index in [0.29, 0.717) is 0 Å². The third kappa shape index (κ3) is 2.92. The highest BCUT2D eigenvalue weighted by Crippen LogP contribution is 2.30. The zero-order chi connectivity index (χ0) is 15.6. The molecule has 0 spiro atoms. The molecular weight excluding hydrogens is 288 g/mol. The van der Waals surface area contributed by atoms with Gasteiger partial charge in [0.15, 0.2) is 0 Å². The van der Waals surface area contributed by atoms with Gasteiger partial charge in [0.05, 0.1) is 6.20 Å². The Morgan fingerprint density at radius 1 is 1.26 bits per heavy atom. The van der Waals surface area contributed by atoms with Crippen LogP contribution in [0.2, 0.25) is 0 Å². The van der Waals surface area contributed by atoms with E-state index in [1.165, 1.54) is 0 Å². The second-order valence-corrected chi connectivity index (χ2v) is 6.13. The minimum atomic E-state index is 0.284. The van der Waals surface area contributed by atoms with Crippen LogP contribution in [0.4, 0.5) is 0 Å². The van der Waals surface area contributed by atoms with Crippen molar-refractivity contribution in [2.24, 2.45) is 0 Å². The van der Waals surface area contributed by atoms with E-state index in [2.05, 4.69) is 39.0 Å². The lowest BCUT2D eigenvalue weighted by atomic mass is 10.1. The van der Waals surface area contributed by atoms with Gasteiger partial charge in [-0.2, -0.15) is 0 Å². The molecule has 0 amide bonds. The molecule has 3 aromatic rings. The Morgan fingerprint density at radius 2 is 2.13 bits per heavy atom. The molecule has 5 heteroatoms. The van der Waals surface area contributed by atoms with Crippen LogP contribution in [0.5, 0.6) is 5.75 Å². The van der Waals surface area contributed by atoms with Crippen molar-refractivity contribution in [2.45, 2.75) is 18.9 Å². The first kappa shape index (κ1) is 14.2. The van der Waals surface area contributed by atoms with Crippen LogP contribution < -0.4 is 4.74 Å². The molecule has 4 rings (SSSR count). The van der Waals surface area contributed by atoms with Crippen LogP contribution in [-0.2, 0) is 0 Å². The highest BCUT2D eigenvalue weighted by Gasteiger charge is 2.18. The van der Waals surface area contributed by atoms with Crippen molar-refractivity contribution < 1.29 is 4.74 Å². The molecule has 118 valence electrons. The molecule has 4 heterocycles. The van der Waals surface area contributed by atoms with Gasteiger partial charge in [0, 0.05) is 48.2 Å². The number of rotatable bonds is 3. The van der Waals surface area contributed by atoms with E-state index in [1.807, 2.05) is 24.7 Å². The number of nitrogens with one attached hydrogen (secondary N) is 1. The van der Waals surface area contributed by atoms with Crippen molar-refractivity contribution >= 4 is 11.0 Å². The summed E-state index contributed by atoms with van der Waals surface area (Å²) in [6.07, 6.45) is 9.86. The van der Waals surface area contributed by atoms with Gasteiger partial charge in [-0.05, 0) is 32.0 Å². The number of nitrogens with zero attached hydrogens (tertiary/aromatic N) is 3. The van der Waals surface area contributed by atoms with Crippen LogP contribution in [0.25, 0.3) is 22.2 Å². The van der Waals surface area contributed by atoms with Crippen molar-refractivity contribution in [1.82, 2.24) is 19.9 Å². The third-order valence-corrected chi connectivity index (χ3v) is 4.45. The molecule has 1 saturated heterocycles. The van der Waals surface area contributed by atoms with Crippen molar-refractivity contribution in [3.8, 4) is 16.9 Å². The standard InChI is InChI=1S/C18H20N4O/c1-22-7-4-14(5-8-22)23-15-9-16-17(12-21-18(16)20-11-15)13-3-2-6-19-10-13/h2-3,6,9-12,14H,4-5,7-8H2,1H3,(H,20,21). The number of likely N-dealkylation sites (tertiary alicyclic amines) is 1. The van der Waals surface area contributed by atoms with Gasteiger partial charge in [-0.1, -0.05) is 6.07 Å². The first-order valence-corrected chi connectivity index (χ1v) is 8.02. The average Bonchev–Trinajstić information content (AvgIpc) is 3.01. The summed E-state index contributed by atoms with van der Waals surface area (Å²) in [7, 11) is 2.16. The van der Waals surface area contributed by atoms with Gasteiger partial charge >= 0.3 is 0 Å². The first-order valence-electron chi connectivity index (χ1n) is 8.02. The molecule has 0 radical (unpaired) electrons. The number of hydrogen-bond acceptors (Lipinski definition) is 4. The summed E-state index contributed by atoms with van der Waals surface area (Å²) in [5.41, 5.74) is 3.06. The number of hydrogen-bond donors (Lipinski definition) is 1. The fourth-order valence-corrected chi connectivity index (χ4v) is 3.10. The van der Waals surface area contributed by atoms with Crippen LogP contribution in [0.1, 0.15) is 12.8 Å². The third-order valence-electron chi connectivity index (χ3n) is 4.45. The van der Waals surface area contributed by atoms with Crippen LogP contribution >= 0.6 is 0 Å². The SMILES string of the molecule is CN1CCC(Oc2cnc3[nH]cc(-c4cccnc4)c3c2)CC1. The molecule has 0 saturated carbocycles. The zero-order valence-corrected chi connectivity index (χ0v) is 13.2. The van der Waals surface area contributed by atoms with E-state index in [4.69, 9.17) is 4.74 Å². The fourth-order valence-electron chi connectivity index (χ4n) is 3.10. The van der Waals surface area contributed by atoms with E-state index in [-0.39, 0.29) is 6.10 Å². The molecule has 0 bridgehead atoms. The highest BCUT2D eigenvalue weighted by atomic mass is 16.5. The number of aromatic amines is 1.